The summed E-state index contributed by atoms with van der Waals surface area (Å²) in [4.78, 5) is 11.8. The molecule has 4 nitrogen and oxygen atoms in total. The van der Waals surface area contributed by atoms with Crippen molar-refractivity contribution in [2.75, 3.05) is 6.54 Å². The number of halogens is 3. The summed E-state index contributed by atoms with van der Waals surface area (Å²) < 4.78 is 38.0. The van der Waals surface area contributed by atoms with Gasteiger partial charge in [-0.05, 0) is 35.5 Å². The molecule has 3 N–H and O–H groups in total. The summed E-state index contributed by atoms with van der Waals surface area (Å²) in [6.07, 6.45) is -4.38. The Morgan fingerprint density at radius 3 is 2.23 bits per heavy atom. The molecule has 26 heavy (non-hydrogen) atoms. The third-order valence-corrected chi connectivity index (χ3v) is 3.74. The molecule has 2 aromatic rings. The van der Waals surface area contributed by atoms with Gasteiger partial charge in [-0.25, -0.2) is 0 Å². The van der Waals surface area contributed by atoms with Crippen molar-refractivity contribution in [3.8, 4) is 0 Å². The van der Waals surface area contributed by atoms with E-state index in [4.69, 9.17) is 12.2 Å². The number of rotatable bonds is 6. The number of amides is 1. The highest BCUT2D eigenvalue weighted by molar-refractivity contribution is 7.80. The lowest BCUT2D eigenvalue weighted by Gasteiger charge is -2.12. The van der Waals surface area contributed by atoms with Crippen molar-refractivity contribution in [2.24, 2.45) is 0 Å². The van der Waals surface area contributed by atoms with E-state index in [2.05, 4.69) is 16.0 Å². The van der Waals surface area contributed by atoms with Gasteiger partial charge >= 0.3 is 6.18 Å². The molecule has 2 aromatic carbocycles. The van der Waals surface area contributed by atoms with Crippen LogP contribution in [0, 0.1) is 0 Å². The van der Waals surface area contributed by atoms with Gasteiger partial charge in [0.1, 0.15) is 0 Å². The Morgan fingerprint density at radius 1 is 0.885 bits per heavy atom. The van der Waals surface area contributed by atoms with Crippen molar-refractivity contribution in [3.05, 3.63) is 71.3 Å². The van der Waals surface area contributed by atoms with E-state index in [9.17, 15) is 18.0 Å². The Hall–Kier alpha value is -2.61. The normalized spacial score (nSPS) is 10.9. The molecule has 2 rings (SSSR count). The zero-order valence-corrected chi connectivity index (χ0v) is 14.6. The number of carbonyl (C=O) groups is 1. The molecule has 0 spiro atoms. The Balaban J connectivity index is 1.71. The fourth-order valence-corrected chi connectivity index (χ4v) is 2.27. The van der Waals surface area contributed by atoms with Gasteiger partial charge in [-0.1, -0.05) is 42.5 Å². The third-order valence-electron chi connectivity index (χ3n) is 3.45. The van der Waals surface area contributed by atoms with Gasteiger partial charge in [-0.2, -0.15) is 13.2 Å². The van der Waals surface area contributed by atoms with Gasteiger partial charge in [0, 0.05) is 13.1 Å². The van der Waals surface area contributed by atoms with Crippen LogP contribution in [-0.2, 0) is 24.1 Å². The van der Waals surface area contributed by atoms with Crippen LogP contribution >= 0.6 is 12.2 Å². The number of hydrogen-bond donors (Lipinski definition) is 3. The summed E-state index contributed by atoms with van der Waals surface area (Å²) in [6, 6.07) is 14.4. The number of alkyl halides is 3. The van der Waals surface area contributed by atoms with Crippen LogP contribution in [0.25, 0.3) is 0 Å². The number of nitrogens with one attached hydrogen (secondary N) is 3. The van der Waals surface area contributed by atoms with Crippen LogP contribution in [0.1, 0.15) is 16.7 Å². The second-order valence-electron chi connectivity index (χ2n) is 5.50. The molecule has 0 atom stereocenters. The summed E-state index contributed by atoms with van der Waals surface area (Å²) in [6.45, 7) is 0.508. The van der Waals surface area contributed by atoms with E-state index in [1.165, 1.54) is 6.07 Å². The van der Waals surface area contributed by atoms with Crippen molar-refractivity contribution in [1.29, 1.82) is 0 Å². The van der Waals surface area contributed by atoms with Crippen molar-refractivity contribution < 1.29 is 18.0 Å². The standard InChI is InChI=1S/C18H18F3N3OS/c19-18(20,21)15-8-4-7-14(9-15)11-23-17(26)24-12-16(25)22-10-13-5-2-1-3-6-13/h1-9H,10-12H2,(H,22,25)(H2,23,24,26). The molecule has 138 valence electrons. The minimum Gasteiger partial charge on any atom is -0.359 e. The average Bonchev–Trinajstić information content (AvgIpc) is 2.63. The van der Waals surface area contributed by atoms with E-state index in [1.807, 2.05) is 30.3 Å². The molecule has 0 heterocycles. The van der Waals surface area contributed by atoms with Gasteiger partial charge < -0.3 is 16.0 Å². The monoisotopic (exact) mass is 381 g/mol. The lowest BCUT2D eigenvalue weighted by Crippen LogP contribution is -2.41. The number of hydrogen-bond acceptors (Lipinski definition) is 2. The first-order chi connectivity index (χ1) is 12.3. The minimum absolute atomic E-state index is 0.0265. The molecule has 0 fully saturated rings. The Kier molecular flexibility index (Phi) is 6.97. The van der Waals surface area contributed by atoms with Crippen LogP contribution in [-0.4, -0.2) is 17.6 Å². The molecule has 0 unspecified atom stereocenters. The van der Waals surface area contributed by atoms with Gasteiger partial charge in [0.2, 0.25) is 5.91 Å². The summed E-state index contributed by atoms with van der Waals surface area (Å²) in [5.41, 5.74) is 0.708. The maximum absolute atomic E-state index is 12.7. The molecule has 0 aliphatic rings. The van der Waals surface area contributed by atoms with Gasteiger partial charge in [0.25, 0.3) is 0 Å². The first kappa shape index (κ1) is 19.7. The van der Waals surface area contributed by atoms with Crippen LogP contribution in [0.2, 0.25) is 0 Å². The van der Waals surface area contributed by atoms with Crippen molar-refractivity contribution >= 4 is 23.2 Å². The van der Waals surface area contributed by atoms with Gasteiger partial charge in [-0.3, -0.25) is 4.79 Å². The average molecular weight is 381 g/mol. The minimum atomic E-state index is -4.38. The Morgan fingerprint density at radius 2 is 1.54 bits per heavy atom. The van der Waals surface area contributed by atoms with E-state index in [0.29, 0.717) is 12.1 Å². The zero-order chi connectivity index (χ0) is 19.0. The van der Waals surface area contributed by atoms with E-state index >= 15 is 0 Å². The lowest BCUT2D eigenvalue weighted by atomic mass is 10.1. The highest BCUT2D eigenvalue weighted by Gasteiger charge is 2.30. The predicted octanol–water partition coefficient (Wildman–Crippen LogP) is 2.99. The molecule has 0 aliphatic carbocycles. The van der Waals surface area contributed by atoms with Crippen LogP contribution < -0.4 is 16.0 Å². The summed E-state index contributed by atoms with van der Waals surface area (Å²) in [7, 11) is 0. The van der Waals surface area contributed by atoms with Crippen LogP contribution in [0.3, 0.4) is 0 Å². The first-order valence-corrected chi connectivity index (χ1v) is 8.24. The summed E-state index contributed by atoms with van der Waals surface area (Å²) in [5.74, 6) is -0.239. The molecule has 0 aliphatic heterocycles. The molecular weight excluding hydrogens is 363 g/mol. The number of thiocarbonyl (C=S) groups is 1. The van der Waals surface area contributed by atoms with Crippen molar-refractivity contribution in [2.45, 2.75) is 19.3 Å². The van der Waals surface area contributed by atoms with Crippen molar-refractivity contribution in [3.63, 3.8) is 0 Å². The fourth-order valence-electron chi connectivity index (χ4n) is 2.12. The van der Waals surface area contributed by atoms with Crippen molar-refractivity contribution in [1.82, 2.24) is 16.0 Å². The molecular formula is C18H18F3N3OS. The molecule has 8 heteroatoms. The fraction of sp³-hybridized carbons (Fsp3) is 0.222. The third kappa shape index (κ3) is 6.72. The first-order valence-electron chi connectivity index (χ1n) is 7.83. The molecule has 0 radical (unpaired) electrons. The summed E-state index contributed by atoms with van der Waals surface area (Å²) in [5, 5.41) is 8.43. The van der Waals surface area contributed by atoms with E-state index < -0.39 is 11.7 Å². The molecule has 0 aromatic heterocycles. The molecule has 0 bridgehead atoms. The Bertz CT molecular complexity index is 751. The maximum atomic E-state index is 12.7. The van der Waals surface area contributed by atoms with Gasteiger partial charge in [0.15, 0.2) is 5.11 Å². The Labute approximate surface area is 154 Å². The predicted molar refractivity (Wildman–Crippen MR) is 97.2 cm³/mol. The van der Waals surface area contributed by atoms with Crippen LogP contribution in [0.4, 0.5) is 13.2 Å². The summed E-state index contributed by atoms with van der Waals surface area (Å²) >= 11 is 5.03. The molecule has 0 saturated carbocycles. The van der Waals surface area contributed by atoms with E-state index in [1.54, 1.807) is 6.07 Å². The number of carbonyl (C=O) groups excluding carboxylic acids is 1. The highest BCUT2D eigenvalue weighted by atomic mass is 32.1. The lowest BCUT2D eigenvalue weighted by molar-refractivity contribution is -0.137. The quantitative estimate of drug-likeness (QED) is 0.674. The van der Waals surface area contributed by atoms with Crippen LogP contribution in [0.5, 0.6) is 0 Å². The molecule has 0 saturated heterocycles. The SMILES string of the molecule is O=C(CNC(=S)NCc1cccc(C(F)(F)F)c1)NCc1ccccc1. The van der Waals surface area contributed by atoms with Gasteiger partial charge in [-0.15, -0.1) is 0 Å². The zero-order valence-electron chi connectivity index (χ0n) is 13.8. The second-order valence-corrected chi connectivity index (χ2v) is 5.90. The van der Waals surface area contributed by atoms with Gasteiger partial charge in [0.05, 0.1) is 12.1 Å². The number of benzene rings is 2. The van der Waals surface area contributed by atoms with Crippen LogP contribution in [0.15, 0.2) is 54.6 Å². The smallest absolute Gasteiger partial charge is 0.359 e. The largest absolute Gasteiger partial charge is 0.416 e. The highest BCUT2D eigenvalue weighted by Crippen LogP contribution is 2.29. The molecule has 1 amide bonds. The second kappa shape index (κ2) is 9.19. The van der Waals surface area contributed by atoms with E-state index in [-0.39, 0.29) is 24.1 Å². The van der Waals surface area contributed by atoms with E-state index in [0.717, 1.165) is 17.7 Å². The topological polar surface area (TPSA) is 53.2 Å². The maximum Gasteiger partial charge on any atom is 0.416 e.